The van der Waals surface area contributed by atoms with E-state index in [1.807, 2.05) is 0 Å². The standard InChI is InChI=1S/C13H24N6S/c1-16(2)5-6-17-7-9-18(10-8-17)12-14-15-13(20)19(12)11-3-4-11/h11H,3-10H2,1-2H3,(H,15,20). The smallest absolute Gasteiger partial charge is 0.226 e. The second kappa shape index (κ2) is 5.83. The molecule has 0 amide bonds. The van der Waals surface area contributed by atoms with Gasteiger partial charge in [-0.05, 0) is 39.2 Å². The lowest BCUT2D eigenvalue weighted by molar-refractivity contribution is 0.228. The van der Waals surface area contributed by atoms with Crippen LogP contribution in [0.5, 0.6) is 0 Å². The summed E-state index contributed by atoms with van der Waals surface area (Å²) in [7, 11) is 4.26. The van der Waals surface area contributed by atoms with Crippen LogP contribution in [-0.2, 0) is 0 Å². The Bertz CT molecular complexity index is 495. The Morgan fingerprint density at radius 2 is 1.95 bits per heavy atom. The Morgan fingerprint density at radius 1 is 1.25 bits per heavy atom. The van der Waals surface area contributed by atoms with Gasteiger partial charge in [-0.25, -0.2) is 5.10 Å². The van der Waals surface area contributed by atoms with E-state index < -0.39 is 0 Å². The van der Waals surface area contributed by atoms with Gasteiger partial charge in [-0.3, -0.25) is 9.47 Å². The van der Waals surface area contributed by atoms with Crippen LogP contribution in [0.4, 0.5) is 5.95 Å². The third kappa shape index (κ3) is 3.05. The van der Waals surface area contributed by atoms with Gasteiger partial charge in [0.15, 0.2) is 4.77 Å². The molecule has 7 heteroatoms. The van der Waals surface area contributed by atoms with Gasteiger partial charge in [0.2, 0.25) is 5.95 Å². The van der Waals surface area contributed by atoms with Crippen LogP contribution in [0.3, 0.4) is 0 Å². The lowest BCUT2D eigenvalue weighted by atomic mass is 10.3. The molecule has 1 aromatic rings. The van der Waals surface area contributed by atoms with Gasteiger partial charge >= 0.3 is 0 Å². The first-order chi connectivity index (χ1) is 9.65. The summed E-state index contributed by atoms with van der Waals surface area (Å²) in [6.45, 7) is 6.58. The van der Waals surface area contributed by atoms with Crippen molar-refractivity contribution >= 4 is 18.2 Å². The summed E-state index contributed by atoms with van der Waals surface area (Å²) >= 11 is 5.35. The van der Waals surface area contributed by atoms with Gasteiger partial charge in [0, 0.05) is 45.3 Å². The fourth-order valence-corrected chi connectivity index (χ4v) is 2.97. The lowest BCUT2D eigenvalue weighted by Crippen LogP contribution is -2.48. The Labute approximate surface area is 125 Å². The number of aromatic amines is 1. The Kier molecular flexibility index (Phi) is 4.09. The van der Waals surface area contributed by atoms with Crippen LogP contribution in [0, 0.1) is 4.77 Å². The maximum atomic E-state index is 5.35. The van der Waals surface area contributed by atoms with Gasteiger partial charge in [-0.1, -0.05) is 0 Å². The third-order valence-corrected chi connectivity index (χ3v) is 4.40. The topological polar surface area (TPSA) is 43.3 Å². The second-order valence-electron chi connectivity index (χ2n) is 6.06. The number of anilines is 1. The largest absolute Gasteiger partial charge is 0.338 e. The Hall–Kier alpha value is -0.920. The molecule has 1 aliphatic heterocycles. The minimum Gasteiger partial charge on any atom is -0.338 e. The van der Waals surface area contributed by atoms with Crippen molar-refractivity contribution in [1.82, 2.24) is 24.6 Å². The number of hydrogen-bond acceptors (Lipinski definition) is 5. The van der Waals surface area contributed by atoms with E-state index in [-0.39, 0.29) is 0 Å². The molecule has 1 aliphatic carbocycles. The van der Waals surface area contributed by atoms with Gasteiger partial charge in [0.25, 0.3) is 0 Å². The van der Waals surface area contributed by atoms with Crippen LogP contribution in [-0.4, -0.2) is 77.9 Å². The third-order valence-electron chi connectivity index (χ3n) is 4.12. The van der Waals surface area contributed by atoms with Crippen molar-refractivity contribution in [3.63, 3.8) is 0 Å². The van der Waals surface area contributed by atoms with Crippen molar-refractivity contribution in [1.29, 1.82) is 0 Å². The Balaban J connectivity index is 1.59. The van der Waals surface area contributed by atoms with E-state index >= 15 is 0 Å². The highest BCUT2D eigenvalue weighted by Crippen LogP contribution is 2.37. The zero-order valence-corrected chi connectivity index (χ0v) is 13.2. The highest BCUT2D eigenvalue weighted by Gasteiger charge is 2.30. The summed E-state index contributed by atoms with van der Waals surface area (Å²) in [6.07, 6.45) is 2.48. The Morgan fingerprint density at radius 3 is 2.55 bits per heavy atom. The van der Waals surface area contributed by atoms with Gasteiger partial charge in [-0.15, -0.1) is 5.10 Å². The minimum atomic E-state index is 0.586. The van der Waals surface area contributed by atoms with Crippen molar-refractivity contribution in [3.8, 4) is 0 Å². The number of hydrogen-bond donors (Lipinski definition) is 1. The molecule has 3 rings (SSSR count). The summed E-state index contributed by atoms with van der Waals surface area (Å²) < 4.78 is 2.99. The predicted octanol–water partition coefficient (Wildman–Crippen LogP) is 0.959. The first kappa shape index (κ1) is 14.0. The molecular formula is C13H24N6S. The van der Waals surface area contributed by atoms with Crippen LogP contribution in [0.25, 0.3) is 0 Å². The van der Waals surface area contributed by atoms with Crippen LogP contribution >= 0.6 is 12.2 Å². The predicted molar refractivity (Wildman–Crippen MR) is 82.9 cm³/mol. The maximum absolute atomic E-state index is 5.35. The fraction of sp³-hybridized carbons (Fsp3) is 0.846. The zero-order chi connectivity index (χ0) is 14.1. The maximum Gasteiger partial charge on any atom is 0.226 e. The van der Waals surface area contributed by atoms with E-state index in [1.165, 1.54) is 12.8 Å². The molecule has 2 heterocycles. The van der Waals surface area contributed by atoms with E-state index in [0.717, 1.165) is 50.0 Å². The van der Waals surface area contributed by atoms with Crippen molar-refractivity contribution in [2.75, 3.05) is 58.3 Å². The highest BCUT2D eigenvalue weighted by molar-refractivity contribution is 7.71. The lowest BCUT2D eigenvalue weighted by Gasteiger charge is -2.35. The van der Waals surface area contributed by atoms with Gasteiger partial charge in [0.05, 0.1) is 0 Å². The summed E-state index contributed by atoms with van der Waals surface area (Å²) in [4.78, 5) is 7.14. The summed E-state index contributed by atoms with van der Waals surface area (Å²) in [6, 6.07) is 0.586. The monoisotopic (exact) mass is 296 g/mol. The molecule has 1 aromatic heterocycles. The van der Waals surface area contributed by atoms with Crippen LogP contribution < -0.4 is 4.90 Å². The first-order valence-electron chi connectivity index (χ1n) is 7.44. The SMILES string of the molecule is CN(C)CCN1CCN(c2n[nH]c(=S)n2C2CC2)CC1. The number of aromatic nitrogens is 3. The van der Waals surface area contributed by atoms with Gasteiger partial charge in [-0.2, -0.15) is 0 Å². The molecule has 1 saturated carbocycles. The number of likely N-dealkylation sites (N-methyl/N-ethyl adjacent to an activating group) is 1. The van der Waals surface area contributed by atoms with Crippen LogP contribution in [0.15, 0.2) is 0 Å². The highest BCUT2D eigenvalue weighted by atomic mass is 32.1. The van der Waals surface area contributed by atoms with E-state index in [4.69, 9.17) is 12.2 Å². The minimum absolute atomic E-state index is 0.586. The molecule has 0 aromatic carbocycles. The molecule has 2 aliphatic rings. The molecule has 1 saturated heterocycles. The number of nitrogens with zero attached hydrogens (tertiary/aromatic N) is 5. The summed E-state index contributed by atoms with van der Waals surface area (Å²) in [5.74, 6) is 1.05. The molecule has 0 atom stereocenters. The molecule has 1 N–H and O–H groups in total. The second-order valence-corrected chi connectivity index (χ2v) is 6.45. The molecule has 0 unspecified atom stereocenters. The van der Waals surface area contributed by atoms with Crippen LogP contribution in [0.2, 0.25) is 0 Å². The van der Waals surface area contributed by atoms with Crippen molar-refractivity contribution < 1.29 is 0 Å². The van der Waals surface area contributed by atoms with E-state index in [2.05, 4.69) is 43.6 Å². The molecule has 20 heavy (non-hydrogen) atoms. The average molecular weight is 296 g/mol. The fourth-order valence-electron chi connectivity index (χ4n) is 2.69. The van der Waals surface area contributed by atoms with Crippen molar-refractivity contribution in [2.45, 2.75) is 18.9 Å². The summed E-state index contributed by atoms with van der Waals surface area (Å²) in [5, 5.41) is 7.41. The quantitative estimate of drug-likeness (QED) is 0.820. The van der Waals surface area contributed by atoms with E-state index in [9.17, 15) is 0 Å². The first-order valence-corrected chi connectivity index (χ1v) is 7.85. The molecule has 0 bridgehead atoms. The molecule has 0 spiro atoms. The van der Waals surface area contributed by atoms with Crippen LogP contribution in [0.1, 0.15) is 18.9 Å². The van der Waals surface area contributed by atoms with Gasteiger partial charge < -0.3 is 9.80 Å². The average Bonchev–Trinajstić information content (AvgIpc) is 3.20. The van der Waals surface area contributed by atoms with E-state index in [1.54, 1.807) is 0 Å². The molecule has 0 radical (unpaired) electrons. The molecule has 6 nitrogen and oxygen atoms in total. The zero-order valence-electron chi connectivity index (χ0n) is 12.4. The summed E-state index contributed by atoms with van der Waals surface area (Å²) in [5.41, 5.74) is 0. The molecule has 112 valence electrons. The molecule has 2 fully saturated rings. The number of rotatable bonds is 5. The van der Waals surface area contributed by atoms with Crippen molar-refractivity contribution in [3.05, 3.63) is 4.77 Å². The van der Waals surface area contributed by atoms with Gasteiger partial charge in [0.1, 0.15) is 0 Å². The normalized spacial score (nSPS) is 20.9. The number of piperazine rings is 1. The van der Waals surface area contributed by atoms with E-state index in [0.29, 0.717) is 6.04 Å². The number of H-pyrrole nitrogens is 1. The number of nitrogens with one attached hydrogen (secondary N) is 1. The van der Waals surface area contributed by atoms with Crippen molar-refractivity contribution in [2.24, 2.45) is 0 Å². The molecular weight excluding hydrogens is 272 g/mol.